The third-order valence-electron chi connectivity index (χ3n) is 3.32. The molecule has 0 fully saturated rings. The van der Waals surface area contributed by atoms with E-state index in [-0.39, 0.29) is 27.8 Å². The van der Waals surface area contributed by atoms with Gasteiger partial charge in [0.25, 0.3) is 5.91 Å². The summed E-state index contributed by atoms with van der Waals surface area (Å²) in [7, 11) is 3.46. The molecule has 1 amide bonds. The Kier molecular flexibility index (Phi) is 5.15. The standard InChI is InChI=1S/C15H17ClFN3O2/c1-9-12(15(21)20(3)8-7-18-2)14(19-22-9)13-10(16)5-4-6-11(13)17/h4-6,18H,7-8H2,1-3H3. The third-order valence-corrected chi connectivity index (χ3v) is 3.64. The number of nitrogens with one attached hydrogen (secondary N) is 1. The van der Waals surface area contributed by atoms with E-state index in [1.807, 2.05) is 0 Å². The lowest BCUT2D eigenvalue weighted by atomic mass is 10.0. The second-order valence-electron chi connectivity index (χ2n) is 4.89. The Morgan fingerprint density at radius 3 is 2.86 bits per heavy atom. The highest BCUT2D eigenvalue weighted by molar-refractivity contribution is 6.33. The first-order valence-electron chi connectivity index (χ1n) is 6.78. The highest BCUT2D eigenvalue weighted by Crippen LogP contribution is 2.33. The molecule has 0 aliphatic rings. The van der Waals surface area contributed by atoms with E-state index in [1.54, 1.807) is 27.1 Å². The average molecular weight is 326 g/mol. The molecule has 1 aromatic heterocycles. The van der Waals surface area contributed by atoms with Gasteiger partial charge in [0.15, 0.2) is 0 Å². The summed E-state index contributed by atoms with van der Waals surface area (Å²) in [6.45, 7) is 2.76. The van der Waals surface area contributed by atoms with Gasteiger partial charge in [-0.3, -0.25) is 4.79 Å². The molecule has 0 unspecified atom stereocenters. The molecule has 0 radical (unpaired) electrons. The minimum Gasteiger partial charge on any atom is -0.360 e. The number of aromatic nitrogens is 1. The Balaban J connectivity index is 2.47. The first kappa shape index (κ1) is 16.5. The minimum absolute atomic E-state index is 0.0754. The average Bonchev–Trinajstić information content (AvgIpc) is 2.85. The number of hydrogen-bond acceptors (Lipinski definition) is 4. The summed E-state index contributed by atoms with van der Waals surface area (Å²) in [5, 5.41) is 6.97. The smallest absolute Gasteiger partial charge is 0.259 e. The van der Waals surface area contributed by atoms with Gasteiger partial charge in [0.2, 0.25) is 0 Å². The van der Waals surface area contributed by atoms with Crippen LogP contribution >= 0.6 is 11.6 Å². The monoisotopic (exact) mass is 325 g/mol. The molecule has 0 aliphatic heterocycles. The number of halogens is 2. The van der Waals surface area contributed by atoms with Crippen LogP contribution < -0.4 is 5.32 Å². The zero-order valence-corrected chi connectivity index (χ0v) is 13.4. The molecule has 0 saturated heterocycles. The van der Waals surface area contributed by atoms with Gasteiger partial charge in [-0.25, -0.2) is 4.39 Å². The molecular weight excluding hydrogens is 309 g/mol. The highest BCUT2D eigenvalue weighted by Gasteiger charge is 2.27. The lowest BCUT2D eigenvalue weighted by molar-refractivity contribution is 0.0796. The van der Waals surface area contributed by atoms with Gasteiger partial charge in [0.1, 0.15) is 22.8 Å². The van der Waals surface area contributed by atoms with E-state index in [1.165, 1.54) is 17.0 Å². The van der Waals surface area contributed by atoms with Crippen molar-refractivity contribution in [2.75, 3.05) is 27.2 Å². The number of likely N-dealkylation sites (N-methyl/N-ethyl adjacent to an activating group) is 2. The van der Waals surface area contributed by atoms with Crippen LogP contribution in [0.5, 0.6) is 0 Å². The van der Waals surface area contributed by atoms with E-state index in [0.29, 0.717) is 18.8 Å². The van der Waals surface area contributed by atoms with Crippen LogP contribution in [0.15, 0.2) is 22.7 Å². The molecule has 0 atom stereocenters. The molecule has 2 rings (SSSR count). The van der Waals surface area contributed by atoms with Gasteiger partial charge >= 0.3 is 0 Å². The van der Waals surface area contributed by atoms with Crippen LogP contribution in [0.4, 0.5) is 4.39 Å². The fourth-order valence-corrected chi connectivity index (χ4v) is 2.34. The maximum absolute atomic E-state index is 14.1. The van der Waals surface area contributed by atoms with Crippen molar-refractivity contribution in [2.45, 2.75) is 6.92 Å². The maximum atomic E-state index is 14.1. The van der Waals surface area contributed by atoms with Crippen LogP contribution in [-0.2, 0) is 0 Å². The second kappa shape index (κ2) is 6.89. The van der Waals surface area contributed by atoms with Gasteiger partial charge in [-0.05, 0) is 26.1 Å². The Morgan fingerprint density at radius 1 is 1.50 bits per heavy atom. The van der Waals surface area contributed by atoms with E-state index in [2.05, 4.69) is 10.5 Å². The fraction of sp³-hybridized carbons (Fsp3) is 0.333. The molecule has 1 heterocycles. The first-order valence-corrected chi connectivity index (χ1v) is 7.15. The highest BCUT2D eigenvalue weighted by atomic mass is 35.5. The van der Waals surface area contributed by atoms with Gasteiger partial charge < -0.3 is 14.7 Å². The lowest BCUT2D eigenvalue weighted by Gasteiger charge is -2.17. The number of amides is 1. The molecule has 0 saturated carbocycles. The normalized spacial score (nSPS) is 10.8. The molecule has 0 bridgehead atoms. The van der Waals surface area contributed by atoms with E-state index in [0.717, 1.165) is 0 Å². The molecule has 2 aromatic rings. The zero-order valence-electron chi connectivity index (χ0n) is 12.6. The van der Waals surface area contributed by atoms with Crippen molar-refractivity contribution in [3.8, 4) is 11.3 Å². The number of aryl methyl sites for hydroxylation is 1. The Labute approximate surface area is 133 Å². The van der Waals surface area contributed by atoms with Crippen molar-refractivity contribution in [2.24, 2.45) is 0 Å². The summed E-state index contributed by atoms with van der Waals surface area (Å²) < 4.78 is 19.2. The zero-order chi connectivity index (χ0) is 16.3. The second-order valence-corrected chi connectivity index (χ2v) is 5.30. The summed E-state index contributed by atoms with van der Waals surface area (Å²) >= 11 is 6.06. The van der Waals surface area contributed by atoms with Crippen LogP contribution in [0.1, 0.15) is 16.1 Å². The summed E-state index contributed by atoms with van der Waals surface area (Å²) in [5.41, 5.74) is 0.430. The molecule has 0 aliphatic carbocycles. The summed E-state index contributed by atoms with van der Waals surface area (Å²) in [6.07, 6.45) is 0. The van der Waals surface area contributed by atoms with Crippen LogP contribution in [0, 0.1) is 12.7 Å². The van der Waals surface area contributed by atoms with Crippen LogP contribution in [-0.4, -0.2) is 43.1 Å². The first-order chi connectivity index (χ1) is 10.5. The summed E-state index contributed by atoms with van der Waals surface area (Å²) in [4.78, 5) is 14.1. The van der Waals surface area contributed by atoms with Gasteiger partial charge in [-0.2, -0.15) is 0 Å². The number of hydrogen-bond donors (Lipinski definition) is 1. The molecule has 1 N–H and O–H groups in total. The van der Waals surface area contributed by atoms with Crippen molar-refractivity contribution in [1.29, 1.82) is 0 Å². The summed E-state index contributed by atoms with van der Waals surface area (Å²) in [5.74, 6) is -0.508. The predicted octanol–water partition coefficient (Wildman–Crippen LogP) is 2.73. The molecule has 0 spiro atoms. The number of carbonyl (C=O) groups excluding carboxylic acids is 1. The summed E-state index contributed by atoms with van der Waals surface area (Å²) in [6, 6.07) is 4.31. The van der Waals surface area contributed by atoms with E-state index >= 15 is 0 Å². The van der Waals surface area contributed by atoms with Gasteiger partial charge in [-0.15, -0.1) is 0 Å². The molecule has 5 nitrogen and oxygen atoms in total. The number of benzene rings is 1. The number of nitrogens with zero attached hydrogens (tertiary/aromatic N) is 2. The van der Waals surface area contributed by atoms with Crippen molar-refractivity contribution >= 4 is 17.5 Å². The molecule has 1 aromatic carbocycles. The van der Waals surface area contributed by atoms with E-state index in [4.69, 9.17) is 16.1 Å². The van der Waals surface area contributed by atoms with Crippen LogP contribution in [0.2, 0.25) is 5.02 Å². The van der Waals surface area contributed by atoms with E-state index in [9.17, 15) is 9.18 Å². The third kappa shape index (κ3) is 3.13. The van der Waals surface area contributed by atoms with Crippen molar-refractivity contribution < 1.29 is 13.7 Å². The lowest BCUT2D eigenvalue weighted by Crippen LogP contribution is -2.33. The van der Waals surface area contributed by atoms with Crippen molar-refractivity contribution in [1.82, 2.24) is 15.4 Å². The van der Waals surface area contributed by atoms with Crippen LogP contribution in [0.25, 0.3) is 11.3 Å². The molecule has 118 valence electrons. The minimum atomic E-state index is -0.548. The predicted molar refractivity (Wildman–Crippen MR) is 82.5 cm³/mol. The Bertz CT molecular complexity index is 667. The SMILES string of the molecule is CNCCN(C)C(=O)c1c(-c2c(F)cccc2Cl)noc1C. The maximum Gasteiger partial charge on any atom is 0.259 e. The fourth-order valence-electron chi connectivity index (χ4n) is 2.09. The topological polar surface area (TPSA) is 58.4 Å². The molecular formula is C15H17ClFN3O2. The Hall–Kier alpha value is -1.92. The van der Waals surface area contributed by atoms with Gasteiger partial charge in [-0.1, -0.05) is 22.8 Å². The number of carbonyl (C=O) groups is 1. The van der Waals surface area contributed by atoms with Crippen molar-refractivity contribution in [3.05, 3.63) is 40.4 Å². The molecule has 22 heavy (non-hydrogen) atoms. The van der Waals surface area contributed by atoms with Gasteiger partial charge in [0, 0.05) is 20.1 Å². The largest absolute Gasteiger partial charge is 0.360 e. The van der Waals surface area contributed by atoms with E-state index < -0.39 is 5.82 Å². The van der Waals surface area contributed by atoms with Crippen molar-refractivity contribution in [3.63, 3.8) is 0 Å². The quantitative estimate of drug-likeness (QED) is 0.918. The Morgan fingerprint density at radius 2 is 2.23 bits per heavy atom. The molecule has 7 heteroatoms. The van der Waals surface area contributed by atoms with Gasteiger partial charge in [0.05, 0.1) is 10.6 Å². The van der Waals surface area contributed by atoms with Crippen LogP contribution in [0.3, 0.4) is 0 Å². The number of rotatable bonds is 5.